The molecule has 0 saturated carbocycles. The van der Waals surface area contributed by atoms with Gasteiger partial charge in [0, 0.05) is 37.8 Å². The maximum Gasteiger partial charge on any atom is 0.173 e. The minimum atomic E-state index is -0.278. The van der Waals surface area contributed by atoms with Gasteiger partial charge in [-0.15, -0.1) is 5.10 Å². The first kappa shape index (κ1) is 19.3. The summed E-state index contributed by atoms with van der Waals surface area (Å²) in [4.78, 5) is 4.93. The smallest absolute Gasteiger partial charge is 0.173 e. The van der Waals surface area contributed by atoms with Crippen LogP contribution in [0.25, 0.3) is 0 Å². The number of hydrogen-bond donors (Lipinski definition) is 0. The van der Waals surface area contributed by atoms with Crippen molar-refractivity contribution in [2.24, 2.45) is 0 Å². The molecule has 6 nitrogen and oxygen atoms in total. The van der Waals surface area contributed by atoms with Gasteiger partial charge in [0.25, 0.3) is 0 Å². The van der Waals surface area contributed by atoms with E-state index in [1.807, 2.05) is 35.0 Å². The molecular weight excluding hydrogens is 379 g/mol. The molecule has 0 bridgehead atoms. The van der Waals surface area contributed by atoms with Crippen LogP contribution in [0.3, 0.4) is 0 Å². The van der Waals surface area contributed by atoms with E-state index in [-0.39, 0.29) is 11.9 Å². The molecule has 7 heteroatoms. The molecule has 2 aliphatic heterocycles. The summed E-state index contributed by atoms with van der Waals surface area (Å²) in [5, 5.41) is 12.6. The van der Waals surface area contributed by atoms with Crippen molar-refractivity contribution < 1.29 is 4.39 Å². The van der Waals surface area contributed by atoms with Crippen LogP contribution in [0, 0.1) is 5.82 Å². The first-order valence-corrected chi connectivity index (χ1v) is 10.8. The lowest BCUT2D eigenvalue weighted by atomic mass is 10.0. The van der Waals surface area contributed by atoms with Crippen LogP contribution < -0.4 is 0 Å². The molecule has 1 aromatic heterocycles. The summed E-state index contributed by atoms with van der Waals surface area (Å²) in [7, 11) is 0. The zero-order chi connectivity index (χ0) is 20.3. The SMILES string of the molecule is Fc1ccccc1C(c1nnnn1CCc1ccccc1)N1CCN2CCCC2C1. The lowest BCUT2D eigenvalue weighted by molar-refractivity contribution is 0.0781. The van der Waals surface area contributed by atoms with Crippen LogP contribution in [0.2, 0.25) is 0 Å². The fourth-order valence-corrected chi connectivity index (χ4v) is 4.89. The molecule has 2 aliphatic rings. The first-order chi connectivity index (χ1) is 14.8. The highest BCUT2D eigenvalue weighted by Crippen LogP contribution is 2.33. The van der Waals surface area contributed by atoms with Crippen molar-refractivity contribution in [3.63, 3.8) is 0 Å². The molecular formula is C23H27FN6. The van der Waals surface area contributed by atoms with Gasteiger partial charge in [-0.05, 0) is 47.9 Å². The number of benzene rings is 2. The lowest BCUT2D eigenvalue weighted by Crippen LogP contribution is -2.51. The van der Waals surface area contributed by atoms with Crippen LogP contribution in [0.1, 0.15) is 35.8 Å². The molecule has 156 valence electrons. The number of halogens is 1. The second kappa shape index (κ2) is 8.62. The Morgan fingerprint density at radius 1 is 1.00 bits per heavy atom. The summed E-state index contributed by atoms with van der Waals surface area (Å²) in [6.45, 7) is 4.67. The maximum atomic E-state index is 14.9. The Kier molecular flexibility index (Phi) is 5.55. The van der Waals surface area contributed by atoms with Crippen molar-refractivity contribution in [3.8, 4) is 0 Å². The Morgan fingerprint density at radius 2 is 1.83 bits per heavy atom. The Balaban J connectivity index is 1.45. The van der Waals surface area contributed by atoms with E-state index in [4.69, 9.17) is 0 Å². The molecule has 0 N–H and O–H groups in total. The molecule has 2 aromatic carbocycles. The van der Waals surface area contributed by atoms with Crippen molar-refractivity contribution in [1.82, 2.24) is 30.0 Å². The number of hydrogen-bond acceptors (Lipinski definition) is 5. The molecule has 0 amide bonds. The van der Waals surface area contributed by atoms with Gasteiger partial charge in [-0.25, -0.2) is 9.07 Å². The largest absolute Gasteiger partial charge is 0.298 e. The first-order valence-electron chi connectivity index (χ1n) is 10.8. The summed E-state index contributed by atoms with van der Waals surface area (Å²) < 4.78 is 16.8. The van der Waals surface area contributed by atoms with E-state index >= 15 is 0 Å². The summed E-state index contributed by atoms with van der Waals surface area (Å²) in [5.74, 6) is 0.524. The van der Waals surface area contributed by atoms with Gasteiger partial charge < -0.3 is 0 Å². The van der Waals surface area contributed by atoms with Crippen LogP contribution in [-0.4, -0.2) is 62.2 Å². The maximum absolute atomic E-state index is 14.9. The number of tetrazole rings is 1. The van der Waals surface area contributed by atoms with Gasteiger partial charge in [0.05, 0.1) is 0 Å². The second-order valence-corrected chi connectivity index (χ2v) is 8.25. The minimum absolute atomic E-state index is 0.200. The number of rotatable bonds is 6. The Hall–Kier alpha value is -2.64. The van der Waals surface area contributed by atoms with E-state index in [1.54, 1.807) is 6.07 Å². The minimum Gasteiger partial charge on any atom is -0.298 e. The normalized spacial score (nSPS) is 20.9. The Labute approximate surface area is 176 Å². The monoisotopic (exact) mass is 406 g/mol. The van der Waals surface area contributed by atoms with Gasteiger partial charge >= 0.3 is 0 Å². The molecule has 2 saturated heterocycles. The van der Waals surface area contributed by atoms with Crippen LogP contribution >= 0.6 is 0 Å². The van der Waals surface area contributed by atoms with Crippen LogP contribution in [0.4, 0.5) is 4.39 Å². The van der Waals surface area contributed by atoms with Gasteiger partial charge in [-0.1, -0.05) is 48.5 Å². The fourth-order valence-electron chi connectivity index (χ4n) is 4.89. The zero-order valence-electron chi connectivity index (χ0n) is 17.1. The average Bonchev–Trinajstić information content (AvgIpc) is 3.44. The number of nitrogens with zero attached hydrogens (tertiary/aromatic N) is 6. The summed E-state index contributed by atoms with van der Waals surface area (Å²) in [6.07, 6.45) is 3.29. The highest BCUT2D eigenvalue weighted by molar-refractivity contribution is 5.27. The third kappa shape index (κ3) is 3.87. The molecule has 30 heavy (non-hydrogen) atoms. The number of aromatic nitrogens is 4. The quantitative estimate of drug-likeness (QED) is 0.630. The van der Waals surface area contributed by atoms with Gasteiger partial charge in [0.2, 0.25) is 0 Å². The van der Waals surface area contributed by atoms with Crippen molar-refractivity contribution >= 4 is 0 Å². The number of aryl methyl sites for hydroxylation is 2. The van der Waals surface area contributed by atoms with Crippen molar-refractivity contribution in [3.05, 3.63) is 77.4 Å². The van der Waals surface area contributed by atoms with Crippen LogP contribution in [-0.2, 0) is 13.0 Å². The zero-order valence-corrected chi connectivity index (χ0v) is 17.1. The summed E-state index contributed by atoms with van der Waals surface area (Å²) in [5.41, 5.74) is 1.89. The van der Waals surface area contributed by atoms with E-state index in [0.717, 1.165) is 31.9 Å². The number of piperazine rings is 1. The van der Waals surface area contributed by atoms with Gasteiger partial charge in [0.15, 0.2) is 5.82 Å². The molecule has 3 heterocycles. The summed E-state index contributed by atoms with van der Waals surface area (Å²) >= 11 is 0. The Morgan fingerprint density at radius 3 is 2.70 bits per heavy atom. The molecule has 2 unspecified atom stereocenters. The second-order valence-electron chi connectivity index (χ2n) is 8.25. The molecule has 0 aliphatic carbocycles. The Bertz CT molecular complexity index is 975. The molecule has 2 fully saturated rings. The molecule has 5 rings (SSSR count). The molecule has 0 spiro atoms. The lowest BCUT2D eigenvalue weighted by Gasteiger charge is -2.41. The van der Waals surface area contributed by atoms with Gasteiger partial charge in [-0.2, -0.15) is 0 Å². The van der Waals surface area contributed by atoms with Gasteiger partial charge in [-0.3, -0.25) is 9.80 Å². The van der Waals surface area contributed by atoms with E-state index in [1.165, 1.54) is 31.0 Å². The molecule has 2 atom stereocenters. The van der Waals surface area contributed by atoms with Crippen molar-refractivity contribution in [2.45, 2.75) is 37.9 Å². The highest BCUT2D eigenvalue weighted by atomic mass is 19.1. The van der Waals surface area contributed by atoms with Crippen molar-refractivity contribution in [2.75, 3.05) is 26.2 Å². The summed E-state index contributed by atoms with van der Waals surface area (Å²) in [6, 6.07) is 17.6. The number of fused-ring (bicyclic) bond motifs is 1. The van der Waals surface area contributed by atoms with E-state index in [0.29, 0.717) is 18.2 Å². The molecule has 0 radical (unpaired) electrons. The third-order valence-corrected chi connectivity index (χ3v) is 6.44. The van der Waals surface area contributed by atoms with E-state index < -0.39 is 0 Å². The van der Waals surface area contributed by atoms with E-state index in [2.05, 4.69) is 37.5 Å². The molecule has 3 aromatic rings. The predicted molar refractivity (Wildman–Crippen MR) is 112 cm³/mol. The average molecular weight is 407 g/mol. The third-order valence-electron chi connectivity index (χ3n) is 6.44. The predicted octanol–water partition coefficient (Wildman–Crippen LogP) is 2.92. The topological polar surface area (TPSA) is 50.1 Å². The fraction of sp³-hybridized carbons (Fsp3) is 0.435. The van der Waals surface area contributed by atoms with Crippen LogP contribution in [0.15, 0.2) is 54.6 Å². The standard InChI is InChI=1S/C23H27FN6/c24-21-11-5-4-10-20(21)22(29-16-15-28-13-6-9-19(28)17-29)23-25-26-27-30(23)14-12-18-7-2-1-3-8-18/h1-5,7-8,10-11,19,22H,6,9,12-17H2. The van der Waals surface area contributed by atoms with Crippen molar-refractivity contribution in [1.29, 1.82) is 0 Å². The van der Waals surface area contributed by atoms with E-state index in [9.17, 15) is 4.39 Å². The highest BCUT2D eigenvalue weighted by Gasteiger charge is 2.37. The van der Waals surface area contributed by atoms with Gasteiger partial charge in [0.1, 0.15) is 11.9 Å². The van der Waals surface area contributed by atoms with Crippen LogP contribution in [0.5, 0.6) is 0 Å².